The van der Waals surface area contributed by atoms with E-state index in [-0.39, 0.29) is 5.91 Å². The fourth-order valence-electron chi connectivity index (χ4n) is 4.08. The lowest BCUT2D eigenvalue weighted by Gasteiger charge is -2.16. The summed E-state index contributed by atoms with van der Waals surface area (Å²) >= 11 is 1.27. The van der Waals surface area contributed by atoms with Gasteiger partial charge in [-0.15, -0.1) is 0 Å². The summed E-state index contributed by atoms with van der Waals surface area (Å²) < 4.78 is 51.8. The minimum atomic E-state index is -4.41. The molecule has 0 N–H and O–H groups in total. The lowest BCUT2D eigenvalue weighted by molar-refractivity contribution is -0.137. The van der Waals surface area contributed by atoms with Crippen molar-refractivity contribution in [2.24, 2.45) is 7.05 Å². The molecule has 0 atom stereocenters. The number of carbonyl (C=O) groups is 1. The molecule has 0 saturated heterocycles. The second kappa shape index (κ2) is 8.42. The van der Waals surface area contributed by atoms with Gasteiger partial charge in [0.1, 0.15) is 0 Å². The summed E-state index contributed by atoms with van der Waals surface area (Å²) in [6.07, 6.45) is -2.58. The summed E-state index contributed by atoms with van der Waals surface area (Å²) in [6.45, 7) is 0.382. The predicted molar refractivity (Wildman–Crippen MR) is 127 cm³/mol. The van der Waals surface area contributed by atoms with Gasteiger partial charge in [0.2, 0.25) is 5.88 Å². The number of aromatic nitrogens is 4. The average molecular weight is 500 g/mol. The molecule has 3 heterocycles. The van der Waals surface area contributed by atoms with Gasteiger partial charge in [-0.1, -0.05) is 0 Å². The van der Waals surface area contributed by atoms with Crippen LogP contribution in [0, 0.1) is 0 Å². The van der Waals surface area contributed by atoms with Crippen molar-refractivity contribution in [1.82, 2.24) is 23.6 Å². The van der Waals surface area contributed by atoms with Gasteiger partial charge in [-0.2, -0.15) is 22.6 Å². The number of carbonyl (C=O) groups excluding carboxylic acids is 1. The zero-order valence-electron chi connectivity index (χ0n) is 19.0. The van der Waals surface area contributed by atoms with E-state index in [1.54, 1.807) is 59.6 Å². The van der Waals surface area contributed by atoms with Crippen LogP contribution in [-0.2, 0) is 19.8 Å². The molecule has 5 rings (SSSR count). The van der Waals surface area contributed by atoms with Crippen molar-refractivity contribution in [1.29, 1.82) is 0 Å². The molecule has 0 unspecified atom stereocenters. The summed E-state index contributed by atoms with van der Waals surface area (Å²) in [5, 5.41) is 6.10. The van der Waals surface area contributed by atoms with Crippen LogP contribution < -0.4 is 4.74 Å². The molecular weight excluding hydrogens is 479 g/mol. The van der Waals surface area contributed by atoms with Crippen molar-refractivity contribution in [3.05, 3.63) is 70.7 Å². The van der Waals surface area contributed by atoms with E-state index in [0.717, 1.165) is 33.3 Å². The Labute approximate surface area is 202 Å². The standard InChI is InChI=1S/C24H20F3N5O2S/c1-30(12-17-11-21(34-3)29-35-17)23(33)14-4-9-20-18(10-14)19-13-31(2)28-22(19)32(20)16-7-5-15(6-8-16)24(25,26)27/h4-11,13H,12H2,1-3H3. The smallest absolute Gasteiger partial charge is 0.416 e. The quantitative estimate of drug-likeness (QED) is 0.330. The van der Waals surface area contributed by atoms with Crippen molar-refractivity contribution in [2.45, 2.75) is 12.7 Å². The third-order valence-electron chi connectivity index (χ3n) is 5.73. The van der Waals surface area contributed by atoms with Gasteiger partial charge >= 0.3 is 6.18 Å². The van der Waals surface area contributed by atoms with Crippen LogP contribution in [0.15, 0.2) is 54.7 Å². The van der Waals surface area contributed by atoms with Crippen molar-refractivity contribution in [3.8, 4) is 11.6 Å². The number of fused-ring (bicyclic) bond motifs is 3. The Morgan fingerprint density at radius 3 is 2.51 bits per heavy atom. The Morgan fingerprint density at radius 2 is 1.86 bits per heavy atom. The molecule has 0 bridgehead atoms. The number of nitrogens with zero attached hydrogens (tertiary/aromatic N) is 5. The van der Waals surface area contributed by atoms with Gasteiger partial charge in [0, 0.05) is 53.3 Å². The van der Waals surface area contributed by atoms with Gasteiger partial charge in [0.05, 0.1) is 24.7 Å². The molecule has 0 aliphatic heterocycles. The van der Waals surface area contributed by atoms with E-state index in [2.05, 4.69) is 9.47 Å². The fraction of sp³-hybridized carbons (Fsp3) is 0.208. The van der Waals surface area contributed by atoms with Gasteiger partial charge in [0.25, 0.3) is 5.91 Å². The Bertz CT molecular complexity index is 1550. The highest BCUT2D eigenvalue weighted by Gasteiger charge is 2.30. The number of methoxy groups -OCH3 is 1. The maximum atomic E-state index is 13.2. The van der Waals surface area contributed by atoms with Crippen LogP contribution in [0.2, 0.25) is 0 Å². The maximum Gasteiger partial charge on any atom is 0.416 e. The first-order valence-electron chi connectivity index (χ1n) is 10.6. The number of hydrogen-bond donors (Lipinski definition) is 0. The maximum absolute atomic E-state index is 13.2. The van der Waals surface area contributed by atoms with Crippen molar-refractivity contribution >= 4 is 39.4 Å². The summed E-state index contributed by atoms with van der Waals surface area (Å²) in [4.78, 5) is 15.7. The van der Waals surface area contributed by atoms with Gasteiger partial charge in [0.15, 0.2) is 5.65 Å². The van der Waals surface area contributed by atoms with Crippen LogP contribution >= 0.6 is 11.5 Å². The number of rotatable bonds is 5. The zero-order chi connectivity index (χ0) is 24.9. The molecule has 0 aliphatic carbocycles. The predicted octanol–water partition coefficient (Wildman–Crippen LogP) is 5.27. The second-order valence-corrected chi connectivity index (χ2v) is 9.04. The lowest BCUT2D eigenvalue weighted by Crippen LogP contribution is -2.25. The van der Waals surface area contributed by atoms with Crippen molar-refractivity contribution in [2.75, 3.05) is 14.2 Å². The molecule has 180 valence electrons. The third-order valence-corrected chi connectivity index (χ3v) is 6.49. The van der Waals surface area contributed by atoms with E-state index in [9.17, 15) is 18.0 Å². The van der Waals surface area contributed by atoms with Gasteiger partial charge in [-0.3, -0.25) is 14.0 Å². The Hall–Kier alpha value is -3.86. The molecule has 11 heteroatoms. The summed E-state index contributed by atoms with van der Waals surface area (Å²) in [5.41, 5.74) is 1.66. The summed E-state index contributed by atoms with van der Waals surface area (Å²) in [6, 6.07) is 12.1. The van der Waals surface area contributed by atoms with E-state index < -0.39 is 11.7 Å². The number of halogens is 3. The van der Waals surface area contributed by atoms with E-state index in [1.165, 1.54) is 23.7 Å². The zero-order valence-corrected chi connectivity index (χ0v) is 19.8. The van der Waals surface area contributed by atoms with Gasteiger partial charge in [-0.05, 0) is 54.0 Å². The van der Waals surface area contributed by atoms with Crippen LogP contribution in [0.1, 0.15) is 20.8 Å². The normalized spacial score (nSPS) is 11.9. The number of hydrogen-bond acceptors (Lipinski definition) is 5. The molecule has 1 amide bonds. The molecule has 3 aromatic heterocycles. The van der Waals surface area contributed by atoms with Crippen molar-refractivity contribution in [3.63, 3.8) is 0 Å². The highest BCUT2D eigenvalue weighted by molar-refractivity contribution is 7.05. The van der Waals surface area contributed by atoms with Crippen LogP contribution in [0.25, 0.3) is 27.6 Å². The highest BCUT2D eigenvalue weighted by Crippen LogP contribution is 2.34. The number of ether oxygens (including phenoxy) is 1. The number of alkyl halides is 3. The number of amides is 1. The van der Waals surface area contributed by atoms with Crippen LogP contribution in [0.4, 0.5) is 13.2 Å². The van der Waals surface area contributed by atoms with Crippen LogP contribution in [-0.4, -0.2) is 43.7 Å². The molecule has 0 radical (unpaired) electrons. The molecular formula is C24H20F3N5O2S. The Kier molecular flexibility index (Phi) is 5.51. The van der Waals surface area contributed by atoms with E-state index in [1.807, 2.05) is 6.20 Å². The molecule has 5 aromatic rings. The first kappa shape index (κ1) is 22.9. The molecule has 2 aromatic carbocycles. The lowest BCUT2D eigenvalue weighted by atomic mass is 10.1. The fourth-order valence-corrected chi connectivity index (χ4v) is 4.82. The van der Waals surface area contributed by atoms with Crippen LogP contribution in [0.5, 0.6) is 5.88 Å². The van der Waals surface area contributed by atoms with E-state index >= 15 is 0 Å². The first-order valence-corrected chi connectivity index (χ1v) is 11.3. The SMILES string of the molecule is COc1cc(CN(C)C(=O)c2ccc3c(c2)c2cn(C)nc2n3-c2ccc(C(F)(F)F)cc2)sn1. The molecule has 0 fully saturated rings. The van der Waals surface area contributed by atoms with Crippen molar-refractivity contribution < 1.29 is 22.7 Å². The van der Waals surface area contributed by atoms with Gasteiger partial charge < -0.3 is 9.64 Å². The number of aryl methyl sites for hydroxylation is 1. The monoisotopic (exact) mass is 499 g/mol. The molecule has 7 nitrogen and oxygen atoms in total. The molecule has 0 spiro atoms. The van der Waals surface area contributed by atoms with E-state index in [0.29, 0.717) is 29.3 Å². The topological polar surface area (TPSA) is 65.2 Å². The molecule has 0 saturated carbocycles. The third kappa shape index (κ3) is 4.12. The summed E-state index contributed by atoms with van der Waals surface area (Å²) in [7, 11) is 5.03. The van der Waals surface area contributed by atoms with E-state index in [4.69, 9.17) is 4.74 Å². The first-order chi connectivity index (χ1) is 16.7. The number of benzene rings is 2. The Balaban J connectivity index is 1.54. The Morgan fingerprint density at radius 1 is 1.11 bits per heavy atom. The largest absolute Gasteiger partial charge is 0.480 e. The van der Waals surface area contributed by atoms with Crippen LogP contribution in [0.3, 0.4) is 0 Å². The second-order valence-electron chi connectivity index (χ2n) is 8.15. The summed E-state index contributed by atoms with van der Waals surface area (Å²) in [5.74, 6) is 0.342. The molecule has 0 aliphatic rings. The molecule has 35 heavy (non-hydrogen) atoms. The minimum absolute atomic E-state index is 0.168. The van der Waals surface area contributed by atoms with Gasteiger partial charge in [-0.25, -0.2) is 0 Å². The minimum Gasteiger partial charge on any atom is -0.480 e. The highest BCUT2D eigenvalue weighted by atomic mass is 32.1. The average Bonchev–Trinajstić information content (AvgIpc) is 3.51.